The van der Waals surface area contributed by atoms with Gasteiger partial charge in [-0.25, -0.2) is 14.4 Å². The highest BCUT2D eigenvalue weighted by Crippen LogP contribution is 2.11. The van der Waals surface area contributed by atoms with E-state index in [1.807, 2.05) is 0 Å². The number of hydrogen-bond donors (Lipinski definition) is 1. The van der Waals surface area contributed by atoms with E-state index < -0.39 is 11.6 Å². The van der Waals surface area contributed by atoms with Crippen molar-refractivity contribution in [1.82, 2.24) is 9.97 Å². The van der Waals surface area contributed by atoms with E-state index >= 15 is 0 Å². The molecule has 4 nitrogen and oxygen atoms in total. The lowest BCUT2D eigenvalue weighted by molar-refractivity contribution is 0.103. The first-order valence-electron chi connectivity index (χ1n) is 4.55. The van der Waals surface area contributed by atoms with E-state index in [9.17, 15) is 9.18 Å². The van der Waals surface area contributed by atoms with E-state index in [1.165, 1.54) is 30.6 Å². The third kappa shape index (κ3) is 1.88. The number of aromatic nitrogens is 2. The average molecular weight is 217 g/mol. The summed E-state index contributed by atoms with van der Waals surface area (Å²) in [6.45, 7) is 0. The molecule has 0 spiro atoms. The summed E-state index contributed by atoms with van der Waals surface area (Å²) in [4.78, 5) is 19.3. The molecule has 0 saturated heterocycles. The zero-order valence-electron chi connectivity index (χ0n) is 8.22. The molecule has 0 bridgehead atoms. The predicted octanol–water partition coefficient (Wildman–Crippen LogP) is 1.43. The number of nitrogens with two attached hydrogens (primary N) is 1. The Morgan fingerprint density at radius 2 is 1.94 bits per heavy atom. The first kappa shape index (κ1) is 10.2. The first-order valence-corrected chi connectivity index (χ1v) is 4.55. The standard InChI is InChI=1S/C11H8FN3O/c12-8-4-2-1-3-7(8)11(16)9-5-15-10(13)6-14-9/h1-6H,(H2,13,15). The summed E-state index contributed by atoms with van der Waals surface area (Å²) >= 11 is 0. The van der Waals surface area contributed by atoms with Gasteiger partial charge in [-0.15, -0.1) is 0 Å². The largest absolute Gasteiger partial charge is 0.382 e. The minimum Gasteiger partial charge on any atom is -0.382 e. The van der Waals surface area contributed by atoms with Crippen LogP contribution in [0.4, 0.5) is 10.2 Å². The minimum atomic E-state index is -0.578. The van der Waals surface area contributed by atoms with Gasteiger partial charge in [0.15, 0.2) is 0 Å². The van der Waals surface area contributed by atoms with Crippen LogP contribution in [-0.4, -0.2) is 15.8 Å². The van der Waals surface area contributed by atoms with Crippen molar-refractivity contribution in [1.29, 1.82) is 0 Å². The lowest BCUT2D eigenvalue weighted by Crippen LogP contribution is -2.07. The van der Waals surface area contributed by atoms with Gasteiger partial charge in [0.1, 0.15) is 17.3 Å². The van der Waals surface area contributed by atoms with Gasteiger partial charge in [0.25, 0.3) is 0 Å². The topological polar surface area (TPSA) is 68.9 Å². The zero-order chi connectivity index (χ0) is 11.5. The quantitative estimate of drug-likeness (QED) is 0.772. The average Bonchev–Trinajstić information content (AvgIpc) is 2.30. The van der Waals surface area contributed by atoms with Crippen LogP contribution in [0, 0.1) is 5.82 Å². The van der Waals surface area contributed by atoms with Crippen molar-refractivity contribution in [3.8, 4) is 0 Å². The molecular formula is C11H8FN3O. The first-order chi connectivity index (χ1) is 7.68. The molecule has 0 saturated carbocycles. The van der Waals surface area contributed by atoms with Crippen LogP contribution < -0.4 is 5.73 Å². The lowest BCUT2D eigenvalue weighted by Gasteiger charge is -2.01. The van der Waals surface area contributed by atoms with Crippen LogP contribution in [0.25, 0.3) is 0 Å². The summed E-state index contributed by atoms with van der Waals surface area (Å²) in [5.74, 6) is -0.873. The molecule has 0 fully saturated rings. The Hall–Kier alpha value is -2.30. The Bertz CT molecular complexity index is 525. The Balaban J connectivity index is 2.40. The van der Waals surface area contributed by atoms with Gasteiger partial charge < -0.3 is 5.73 Å². The maximum Gasteiger partial charge on any atom is 0.215 e. The van der Waals surface area contributed by atoms with Gasteiger partial charge in [0, 0.05) is 0 Å². The van der Waals surface area contributed by atoms with Gasteiger partial charge in [0.05, 0.1) is 18.0 Å². The minimum absolute atomic E-state index is 0.0263. The van der Waals surface area contributed by atoms with Crippen LogP contribution in [0.15, 0.2) is 36.7 Å². The maximum absolute atomic E-state index is 13.3. The van der Waals surface area contributed by atoms with E-state index in [-0.39, 0.29) is 17.1 Å². The second kappa shape index (κ2) is 4.06. The van der Waals surface area contributed by atoms with Crippen molar-refractivity contribution in [2.45, 2.75) is 0 Å². The highest BCUT2D eigenvalue weighted by Gasteiger charge is 2.14. The fraction of sp³-hybridized carbons (Fsp3) is 0. The highest BCUT2D eigenvalue weighted by atomic mass is 19.1. The predicted molar refractivity (Wildman–Crippen MR) is 56.3 cm³/mol. The molecule has 0 radical (unpaired) electrons. The van der Waals surface area contributed by atoms with Crippen molar-refractivity contribution in [2.24, 2.45) is 0 Å². The zero-order valence-corrected chi connectivity index (χ0v) is 8.22. The summed E-state index contributed by atoms with van der Waals surface area (Å²) in [5.41, 5.74) is 5.38. The third-order valence-corrected chi connectivity index (χ3v) is 2.02. The highest BCUT2D eigenvalue weighted by molar-refractivity contribution is 6.07. The SMILES string of the molecule is Nc1cnc(C(=O)c2ccccc2F)cn1. The number of nitrogen functional groups attached to an aromatic ring is 1. The fourth-order valence-electron chi connectivity index (χ4n) is 1.24. The molecule has 1 aromatic heterocycles. The molecule has 0 aliphatic carbocycles. The summed E-state index contributed by atoms with van der Waals surface area (Å²) in [6, 6.07) is 5.72. The smallest absolute Gasteiger partial charge is 0.215 e. The molecule has 2 rings (SSSR count). The van der Waals surface area contributed by atoms with Gasteiger partial charge >= 0.3 is 0 Å². The number of nitrogens with zero attached hydrogens (tertiary/aromatic N) is 2. The monoisotopic (exact) mass is 217 g/mol. The molecular weight excluding hydrogens is 209 g/mol. The van der Waals surface area contributed by atoms with Gasteiger partial charge in [-0.1, -0.05) is 12.1 Å². The van der Waals surface area contributed by atoms with E-state index in [2.05, 4.69) is 9.97 Å². The van der Waals surface area contributed by atoms with Gasteiger partial charge in [0.2, 0.25) is 5.78 Å². The van der Waals surface area contributed by atoms with Crippen molar-refractivity contribution in [3.05, 3.63) is 53.7 Å². The number of rotatable bonds is 2. The van der Waals surface area contributed by atoms with E-state index in [0.29, 0.717) is 0 Å². The molecule has 80 valence electrons. The maximum atomic E-state index is 13.3. The third-order valence-electron chi connectivity index (χ3n) is 2.02. The molecule has 1 heterocycles. The molecule has 0 aliphatic rings. The second-order valence-corrected chi connectivity index (χ2v) is 3.14. The van der Waals surface area contributed by atoms with E-state index in [0.717, 1.165) is 0 Å². The van der Waals surface area contributed by atoms with Crippen LogP contribution in [0.5, 0.6) is 0 Å². The van der Waals surface area contributed by atoms with Crippen LogP contribution in [0.1, 0.15) is 16.1 Å². The number of carbonyl (C=O) groups is 1. The van der Waals surface area contributed by atoms with Gasteiger partial charge in [-0.3, -0.25) is 4.79 Å². The summed E-state index contributed by atoms with van der Waals surface area (Å²) < 4.78 is 13.3. The van der Waals surface area contributed by atoms with Crippen LogP contribution in [0.2, 0.25) is 0 Å². The molecule has 16 heavy (non-hydrogen) atoms. The lowest BCUT2D eigenvalue weighted by atomic mass is 10.1. The summed E-state index contributed by atoms with van der Waals surface area (Å²) in [7, 11) is 0. The summed E-state index contributed by atoms with van der Waals surface area (Å²) in [6.07, 6.45) is 2.48. The second-order valence-electron chi connectivity index (χ2n) is 3.14. The molecule has 0 unspecified atom stereocenters. The molecule has 2 aromatic rings. The number of carbonyl (C=O) groups excluding carboxylic acids is 1. The van der Waals surface area contributed by atoms with Crippen molar-refractivity contribution in [2.75, 3.05) is 5.73 Å². The molecule has 0 aliphatic heterocycles. The Labute approximate surface area is 91.0 Å². The normalized spacial score (nSPS) is 10.1. The van der Waals surface area contributed by atoms with Crippen LogP contribution >= 0.6 is 0 Å². The summed E-state index contributed by atoms with van der Waals surface area (Å²) in [5, 5.41) is 0. The van der Waals surface area contributed by atoms with Crippen molar-refractivity contribution >= 4 is 11.6 Å². The number of halogens is 1. The van der Waals surface area contributed by atoms with Gasteiger partial charge in [-0.05, 0) is 12.1 Å². The van der Waals surface area contributed by atoms with E-state index in [4.69, 9.17) is 5.73 Å². The van der Waals surface area contributed by atoms with Crippen molar-refractivity contribution < 1.29 is 9.18 Å². The molecule has 5 heteroatoms. The fourth-order valence-corrected chi connectivity index (χ4v) is 1.24. The molecule has 0 amide bonds. The van der Waals surface area contributed by atoms with Crippen molar-refractivity contribution in [3.63, 3.8) is 0 Å². The number of ketones is 1. The Kier molecular flexibility index (Phi) is 2.59. The number of hydrogen-bond acceptors (Lipinski definition) is 4. The number of benzene rings is 1. The molecule has 1 aromatic carbocycles. The Morgan fingerprint density at radius 1 is 1.19 bits per heavy atom. The Morgan fingerprint density at radius 3 is 2.56 bits per heavy atom. The number of anilines is 1. The van der Waals surface area contributed by atoms with E-state index in [1.54, 1.807) is 6.07 Å². The van der Waals surface area contributed by atoms with Gasteiger partial charge in [-0.2, -0.15) is 0 Å². The molecule has 0 atom stereocenters. The van der Waals surface area contributed by atoms with Crippen LogP contribution in [-0.2, 0) is 0 Å². The van der Waals surface area contributed by atoms with Crippen LogP contribution in [0.3, 0.4) is 0 Å². The molecule has 2 N–H and O–H groups in total.